The molecule has 0 saturated heterocycles. The third kappa shape index (κ3) is 4.78. The van der Waals surface area contributed by atoms with Crippen molar-refractivity contribution in [2.24, 2.45) is 0 Å². The Kier molecular flexibility index (Phi) is 5.81. The summed E-state index contributed by atoms with van der Waals surface area (Å²) in [6.07, 6.45) is 5.42. The molecule has 0 spiro atoms. The lowest BCUT2D eigenvalue weighted by Gasteiger charge is -2.22. The molecule has 1 aliphatic carbocycles. The van der Waals surface area contributed by atoms with Crippen LogP contribution in [0.25, 0.3) is 0 Å². The first-order valence-electron chi connectivity index (χ1n) is 8.16. The van der Waals surface area contributed by atoms with Gasteiger partial charge in [0.2, 0.25) is 15.9 Å². The molecule has 1 aromatic carbocycles. The number of hydrogen-bond donors (Lipinski definition) is 2. The van der Waals surface area contributed by atoms with Crippen molar-refractivity contribution in [2.45, 2.75) is 63.8 Å². The Balaban J connectivity index is 2.00. The number of benzene rings is 1. The van der Waals surface area contributed by atoms with Gasteiger partial charge in [-0.3, -0.25) is 4.79 Å². The molecule has 0 aliphatic heterocycles. The Labute approximate surface area is 138 Å². The molecule has 0 heterocycles. The molecule has 1 aliphatic rings. The van der Waals surface area contributed by atoms with Gasteiger partial charge in [0.1, 0.15) is 0 Å². The van der Waals surface area contributed by atoms with E-state index in [1.807, 2.05) is 19.1 Å². The predicted octanol–water partition coefficient (Wildman–Crippen LogP) is 2.34. The van der Waals surface area contributed by atoms with Gasteiger partial charge in [-0.2, -0.15) is 0 Å². The van der Waals surface area contributed by atoms with E-state index in [9.17, 15) is 13.2 Å². The number of carbonyl (C=O) groups excluding carboxylic acids is 1. The molecule has 0 atom stereocenters. The lowest BCUT2D eigenvalue weighted by molar-refractivity contribution is -0.120. The van der Waals surface area contributed by atoms with Crippen LogP contribution in [0.2, 0.25) is 0 Å². The van der Waals surface area contributed by atoms with Crippen molar-refractivity contribution >= 4 is 15.9 Å². The van der Waals surface area contributed by atoms with Gasteiger partial charge in [-0.05, 0) is 44.7 Å². The quantitative estimate of drug-likeness (QED) is 0.865. The van der Waals surface area contributed by atoms with Crippen LogP contribution < -0.4 is 10.0 Å². The molecule has 0 bridgehead atoms. The van der Waals surface area contributed by atoms with E-state index < -0.39 is 10.0 Å². The summed E-state index contributed by atoms with van der Waals surface area (Å²) in [5.74, 6) is -0.261. The van der Waals surface area contributed by atoms with Crippen LogP contribution in [0.4, 0.5) is 0 Å². The maximum absolute atomic E-state index is 12.5. The van der Waals surface area contributed by atoms with Crippen LogP contribution in [0.1, 0.15) is 48.8 Å². The Hall–Kier alpha value is -1.40. The molecule has 128 valence electrons. The first-order valence-corrected chi connectivity index (χ1v) is 9.65. The Morgan fingerprint density at radius 1 is 1.09 bits per heavy atom. The average molecular weight is 338 g/mol. The molecule has 1 saturated carbocycles. The third-order valence-electron chi connectivity index (χ3n) is 4.27. The lowest BCUT2D eigenvalue weighted by atomic mass is 9.95. The minimum atomic E-state index is -3.69. The summed E-state index contributed by atoms with van der Waals surface area (Å²) >= 11 is 0. The maximum atomic E-state index is 12.5. The van der Waals surface area contributed by atoms with Crippen LogP contribution in [0, 0.1) is 20.8 Å². The van der Waals surface area contributed by atoms with Gasteiger partial charge in [0.15, 0.2) is 0 Å². The van der Waals surface area contributed by atoms with E-state index in [4.69, 9.17) is 0 Å². The first kappa shape index (κ1) is 17.9. The maximum Gasteiger partial charge on any atom is 0.241 e. The van der Waals surface area contributed by atoms with Gasteiger partial charge in [-0.15, -0.1) is 0 Å². The van der Waals surface area contributed by atoms with E-state index in [-0.39, 0.29) is 23.4 Å². The summed E-state index contributed by atoms with van der Waals surface area (Å²) in [4.78, 5) is 12.2. The predicted molar refractivity (Wildman–Crippen MR) is 90.9 cm³/mol. The second kappa shape index (κ2) is 7.45. The highest BCUT2D eigenvalue weighted by Crippen LogP contribution is 2.21. The fourth-order valence-electron chi connectivity index (χ4n) is 3.35. The van der Waals surface area contributed by atoms with Crippen molar-refractivity contribution < 1.29 is 13.2 Å². The molecule has 1 aromatic rings. The molecule has 1 amide bonds. The molecule has 0 unspecified atom stereocenters. The van der Waals surface area contributed by atoms with Crippen molar-refractivity contribution in [1.82, 2.24) is 10.0 Å². The van der Waals surface area contributed by atoms with E-state index >= 15 is 0 Å². The van der Waals surface area contributed by atoms with Crippen LogP contribution in [0.5, 0.6) is 0 Å². The van der Waals surface area contributed by atoms with Crippen LogP contribution >= 0.6 is 0 Å². The van der Waals surface area contributed by atoms with Gasteiger partial charge in [-0.1, -0.05) is 37.0 Å². The highest BCUT2D eigenvalue weighted by atomic mass is 32.2. The van der Waals surface area contributed by atoms with Gasteiger partial charge < -0.3 is 5.32 Å². The number of aryl methyl sites for hydroxylation is 3. The van der Waals surface area contributed by atoms with Crippen LogP contribution in [0.3, 0.4) is 0 Å². The zero-order valence-corrected chi connectivity index (χ0v) is 14.9. The van der Waals surface area contributed by atoms with E-state index in [1.54, 1.807) is 13.8 Å². The summed E-state index contributed by atoms with van der Waals surface area (Å²) in [6, 6.07) is 3.86. The minimum absolute atomic E-state index is 0.184. The number of nitrogens with one attached hydrogen (secondary N) is 2. The summed E-state index contributed by atoms with van der Waals surface area (Å²) in [5, 5.41) is 2.92. The van der Waals surface area contributed by atoms with Crippen molar-refractivity contribution in [2.75, 3.05) is 6.54 Å². The molecule has 0 radical (unpaired) electrons. The van der Waals surface area contributed by atoms with Crippen molar-refractivity contribution in [1.29, 1.82) is 0 Å². The normalized spacial score (nSPS) is 16.3. The standard InChI is InChI=1S/C17H26N2O3S/c1-12-9-13(2)17(14(3)10-12)23(21,22)18-11-16(20)19-15-7-5-4-6-8-15/h9-10,15,18H,4-8,11H2,1-3H3,(H,19,20). The van der Waals surface area contributed by atoms with Crippen molar-refractivity contribution in [3.05, 3.63) is 28.8 Å². The fraction of sp³-hybridized carbons (Fsp3) is 0.588. The summed E-state index contributed by atoms with van der Waals surface area (Å²) in [7, 11) is -3.69. The molecule has 0 aromatic heterocycles. The van der Waals surface area contributed by atoms with Crippen LogP contribution in [-0.2, 0) is 14.8 Å². The molecule has 1 fully saturated rings. The number of carbonyl (C=O) groups is 1. The minimum Gasteiger partial charge on any atom is -0.352 e. The van der Waals surface area contributed by atoms with Crippen molar-refractivity contribution in [3.63, 3.8) is 0 Å². The smallest absolute Gasteiger partial charge is 0.241 e. The Morgan fingerprint density at radius 2 is 1.65 bits per heavy atom. The first-order chi connectivity index (χ1) is 10.8. The van der Waals surface area contributed by atoms with Gasteiger partial charge in [0.05, 0.1) is 11.4 Å². The zero-order chi connectivity index (χ0) is 17.0. The van der Waals surface area contributed by atoms with Gasteiger partial charge in [0, 0.05) is 6.04 Å². The van der Waals surface area contributed by atoms with Crippen LogP contribution in [-0.4, -0.2) is 26.9 Å². The number of rotatable bonds is 5. The monoisotopic (exact) mass is 338 g/mol. The highest BCUT2D eigenvalue weighted by Gasteiger charge is 2.22. The molecular formula is C17H26N2O3S. The largest absolute Gasteiger partial charge is 0.352 e. The number of sulfonamides is 1. The number of hydrogen-bond acceptors (Lipinski definition) is 3. The van der Waals surface area contributed by atoms with E-state index in [0.717, 1.165) is 31.2 Å². The van der Waals surface area contributed by atoms with E-state index in [1.165, 1.54) is 6.42 Å². The second-order valence-corrected chi connectivity index (χ2v) is 8.16. The van der Waals surface area contributed by atoms with Gasteiger partial charge in [-0.25, -0.2) is 13.1 Å². The van der Waals surface area contributed by atoms with Gasteiger partial charge >= 0.3 is 0 Å². The molecule has 5 nitrogen and oxygen atoms in total. The third-order valence-corrected chi connectivity index (χ3v) is 5.97. The topological polar surface area (TPSA) is 75.3 Å². The Bertz CT molecular complexity index is 654. The second-order valence-electron chi connectivity index (χ2n) is 6.45. The molecule has 2 N–H and O–H groups in total. The summed E-state index contributed by atoms with van der Waals surface area (Å²) in [6.45, 7) is 5.26. The fourth-order valence-corrected chi connectivity index (χ4v) is 4.78. The van der Waals surface area contributed by atoms with Gasteiger partial charge in [0.25, 0.3) is 0 Å². The molecule has 2 rings (SSSR count). The molecular weight excluding hydrogens is 312 g/mol. The van der Waals surface area contributed by atoms with Crippen molar-refractivity contribution in [3.8, 4) is 0 Å². The summed E-state index contributed by atoms with van der Waals surface area (Å²) < 4.78 is 27.4. The van der Waals surface area contributed by atoms with E-state index in [0.29, 0.717) is 11.1 Å². The summed E-state index contributed by atoms with van der Waals surface area (Å²) in [5.41, 5.74) is 2.42. The SMILES string of the molecule is Cc1cc(C)c(S(=O)(=O)NCC(=O)NC2CCCCC2)c(C)c1. The zero-order valence-electron chi connectivity index (χ0n) is 14.1. The Morgan fingerprint density at radius 3 is 2.22 bits per heavy atom. The highest BCUT2D eigenvalue weighted by molar-refractivity contribution is 7.89. The number of amides is 1. The lowest BCUT2D eigenvalue weighted by Crippen LogP contribution is -2.42. The van der Waals surface area contributed by atoms with E-state index in [2.05, 4.69) is 10.0 Å². The molecule has 6 heteroatoms. The molecule has 23 heavy (non-hydrogen) atoms. The average Bonchev–Trinajstić information content (AvgIpc) is 2.45. The van der Waals surface area contributed by atoms with Crippen LogP contribution in [0.15, 0.2) is 17.0 Å².